The number of tetrazole rings is 1. The van der Waals surface area contributed by atoms with Gasteiger partial charge in [-0.2, -0.15) is 0 Å². The molecule has 9 nitrogen and oxygen atoms in total. The highest BCUT2D eigenvalue weighted by Crippen LogP contribution is 2.32. The minimum Gasteiger partial charge on any atom is -0.441 e. The van der Waals surface area contributed by atoms with Gasteiger partial charge in [0.1, 0.15) is 17.5 Å². The minimum atomic E-state index is -0.625. The van der Waals surface area contributed by atoms with Gasteiger partial charge in [0.15, 0.2) is 5.76 Å². The number of aryl methyl sites for hydroxylation is 2. The molecule has 4 aromatic rings. The fourth-order valence-electron chi connectivity index (χ4n) is 3.12. The van der Waals surface area contributed by atoms with Gasteiger partial charge in [-0.15, -0.1) is 5.10 Å². The molecule has 11 heteroatoms. The number of benzene rings is 2. The van der Waals surface area contributed by atoms with Gasteiger partial charge in [0.25, 0.3) is 0 Å². The maximum atomic E-state index is 12.6. The monoisotopic (exact) mass is 484 g/mol. The number of ether oxygens (including phenoxy) is 1. The SMILES string of the molecule is Cc1noc(-c2ccc(CSc3nnnn3C)cc2)c1NC(=O)OC(C)c1ccccc1Cl. The molecule has 1 amide bonds. The second-order valence-electron chi connectivity index (χ2n) is 7.24. The topological polar surface area (TPSA) is 108 Å². The number of nitrogens with zero attached hydrogens (tertiary/aromatic N) is 5. The van der Waals surface area contributed by atoms with E-state index in [4.69, 9.17) is 20.9 Å². The number of carbonyl (C=O) groups is 1. The Hall–Kier alpha value is -3.37. The number of rotatable bonds is 7. The summed E-state index contributed by atoms with van der Waals surface area (Å²) in [5, 5.41) is 19.4. The third kappa shape index (κ3) is 5.35. The third-order valence-corrected chi connectivity index (χ3v) is 6.31. The highest BCUT2D eigenvalue weighted by atomic mass is 35.5. The number of anilines is 1. The van der Waals surface area contributed by atoms with Crippen molar-refractivity contribution in [2.24, 2.45) is 7.05 Å². The molecule has 0 fully saturated rings. The van der Waals surface area contributed by atoms with Gasteiger partial charge in [0, 0.05) is 29.0 Å². The number of halogens is 1. The zero-order chi connectivity index (χ0) is 23.4. The summed E-state index contributed by atoms with van der Waals surface area (Å²) in [6.45, 7) is 3.51. The Labute approximate surface area is 199 Å². The van der Waals surface area contributed by atoms with Gasteiger partial charge in [-0.1, -0.05) is 71.0 Å². The highest BCUT2D eigenvalue weighted by molar-refractivity contribution is 7.98. The first-order valence-corrected chi connectivity index (χ1v) is 11.4. The molecule has 0 aliphatic rings. The van der Waals surface area contributed by atoms with Crippen LogP contribution in [0.15, 0.2) is 58.2 Å². The molecule has 2 heterocycles. The summed E-state index contributed by atoms with van der Waals surface area (Å²) >= 11 is 7.74. The first-order valence-electron chi connectivity index (χ1n) is 10.0. The molecule has 0 spiro atoms. The molecule has 1 atom stereocenters. The number of aromatic nitrogens is 5. The average Bonchev–Trinajstić information content (AvgIpc) is 3.38. The number of thioether (sulfide) groups is 1. The molecule has 33 heavy (non-hydrogen) atoms. The van der Waals surface area contributed by atoms with Crippen LogP contribution in [0.1, 0.15) is 29.8 Å². The molecular weight excluding hydrogens is 464 g/mol. The lowest BCUT2D eigenvalue weighted by molar-refractivity contribution is 0.121. The Morgan fingerprint density at radius 3 is 2.70 bits per heavy atom. The van der Waals surface area contributed by atoms with E-state index in [1.54, 1.807) is 31.6 Å². The summed E-state index contributed by atoms with van der Waals surface area (Å²) in [5.41, 5.74) is 3.59. The van der Waals surface area contributed by atoms with Crippen LogP contribution in [0, 0.1) is 6.92 Å². The maximum absolute atomic E-state index is 12.6. The van der Waals surface area contributed by atoms with Crippen molar-refractivity contribution >= 4 is 35.1 Å². The lowest BCUT2D eigenvalue weighted by atomic mass is 10.1. The normalized spacial score (nSPS) is 11.9. The van der Waals surface area contributed by atoms with E-state index in [1.165, 1.54) is 11.8 Å². The van der Waals surface area contributed by atoms with Gasteiger partial charge in [0.2, 0.25) is 5.16 Å². The van der Waals surface area contributed by atoms with Crippen molar-refractivity contribution in [1.29, 1.82) is 0 Å². The fraction of sp³-hybridized carbons (Fsp3) is 0.227. The third-order valence-electron chi connectivity index (χ3n) is 4.88. The van der Waals surface area contributed by atoms with Gasteiger partial charge < -0.3 is 9.26 Å². The van der Waals surface area contributed by atoms with E-state index in [2.05, 4.69) is 26.0 Å². The van der Waals surface area contributed by atoms with E-state index >= 15 is 0 Å². The predicted octanol–water partition coefficient (Wildman–Crippen LogP) is 5.43. The van der Waals surface area contributed by atoms with Crippen LogP contribution in [0.3, 0.4) is 0 Å². The minimum absolute atomic E-state index is 0.451. The van der Waals surface area contributed by atoms with Crippen LogP contribution >= 0.6 is 23.4 Å². The summed E-state index contributed by atoms with van der Waals surface area (Å²) in [5.74, 6) is 1.16. The van der Waals surface area contributed by atoms with Crippen molar-refractivity contribution in [3.8, 4) is 11.3 Å². The number of hydrogen-bond donors (Lipinski definition) is 1. The van der Waals surface area contributed by atoms with Crippen LogP contribution in [0.2, 0.25) is 5.02 Å². The summed E-state index contributed by atoms with van der Waals surface area (Å²) in [7, 11) is 1.80. The van der Waals surface area contributed by atoms with E-state index in [1.807, 2.05) is 42.5 Å². The molecule has 2 aromatic heterocycles. The van der Waals surface area contributed by atoms with Crippen LogP contribution in [-0.4, -0.2) is 31.5 Å². The first kappa shape index (κ1) is 22.8. The molecule has 0 aliphatic carbocycles. The molecule has 0 bridgehead atoms. The van der Waals surface area contributed by atoms with Crippen molar-refractivity contribution in [1.82, 2.24) is 25.4 Å². The molecule has 2 aromatic carbocycles. The van der Waals surface area contributed by atoms with Crippen LogP contribution in [0.25, 0.3) is 11.3 Å². The molecule has 1 N–H and O–H groups in total. The molecule has 1 unspecified atom stereocenters. The summed E-state index contributed by atoms with van der Waals surface area (Å²) in [4.78, 5) is 12.6. The second kappa shape index (κ2) is 10.1. The first-order chi connectivity index (χ1) is 15.9. The smallest absolute Gasteiger partial charge is 0.412 e. The molecule has 0 aliphatic heterocycles. The summed E-state index contributed by atoms with van der Waals surface area (Å²) in [6.07, 6.45) is -1.15. The molecular formula is C22H21ClN6O3S. The van der Waals surface area contributed by atoms with E-state index < -0.39 is 12.2 Å². The zero-order valence-corrected chi connectivity index (χ0v) is 19.7. The summed E-state index contributed by atoms with van der Waals surface area (Å²) < 4.78 is 12.6. The summed E-state index contributed by atoms with van der Waals surface area (Å²) in [6, 6.07) is 15.0. The Morgan fingerprint density at radius 2 is 2.00 bits per heavy atom. The second-order valence-corrected chi connectivity index (χ2v) is 8.59. The van der Waals surface area contributed by atoms with Crippen molar-refractivity contribution in [3.05, 3.63) is 70.4 Å². The number of hydrogen-bond acceptors (Lipinski definition) is 8. The lowest BCUT2D eigenvalue weighted by Gasteiger charge is -2.15. The molecule has 0 radical (unpaired) electrons. The number of nitrogens with one attached hydrogen (secondary N) is 1. The average molecular weight is 485 g/mol. The van der Waals surface area contributed by atoms with E-state index in [9.17, 15) is 4.79 Å². The van der Waals surface area contributed by atoms with Crippen LogP contribution in [-0.2, 0) is 17.5 Å². The fourth-order valence-corrected chi connectivity index (χ4v) is 4.21. The number of carbonyl (C=O) groups excluding carboxylic acids is 1. The number of amides is 1. The largest absolute Gasteiger partial charge is 0.441 e. The maximum Gasteiger partial charge on any atom is 0.412 e. The molecule has 0 saturated carbocycles. The predicted molar refractivity (Wildman–Crippen MR) is 125 cm³/mol. The van der Waals surface area contributed by atoms with Gasteiger partial charge >= 0.3 is 6.09 Å². The van der Waals surface area contributed by atoms with Crippen molar-refractivity contribution in [3.63, 3.8) is 0 Å². The Morgan fingerprint density at radius 1 is 1.24 bits per heavy atom. The molecule has 4 rings (SSSR count). The lowest BCUT2D eigenvalue weighted by Crippen LogP contribution is -2.17. The highest BCUT2D eigenvalue weighted by Gasteiger charge is 2.20. The molecule has 0 saturated heterocycles. The Bertz CT molecular complexity index is 1260. The van der Waals surface area contributed by atoms with E-state index in [0.717, 1.165) is 21.8 Å². The van der Waals surface area contributed by atoms with Gasteiger partial charge in [-0.25, -0.2) is 9.48 Å². The molecule has 170 valence electrons. The standard InChI is InChI=1S/C22H21ClN6O3S/c1-13-19(24-22(30)31-14(2)17-6-4-5-7-18(17)23)20(32-26-13)16-10-8-15(9-11-16)12-33-21-25-27-28-29(21)3/h4-11,14H,12H2,1-3H3,(H,24,30). The van der Waals surface area contributed by atoms with Crippen LogP contribution in [0.5, 0.6) is 0 Å². The van der Waals surface area contributed by atoms with Crippen LogP contribution in [0.4, 0.5) is 10.5 Å². The van der Waals surface area contributed by atoms with Crippen molar-refractivity contribution in [2.45, 2.75) is 30.9 Å². The van der Waals surface area contributed by atoms with E-state index in [-0.39, 0.29) is 0 Å². The zero-order valence-electron chi connectivity index (χ0n) is 18.2. The quantitative estimate of drug-likeness (QED) is 0.346. The Kier molecular flexibility index (Phi) is 6.95. The van der Waals surface area contributed by atoms with E-state index in [0.29, 0.717) is 27.9 Å². The Balaban J connectivity index is 1.43. The van der Waals surface area contributed by atoms with Crippen LogP contribution < -0.4 is 5.32 Å². The van der Waals surface area contributed by atoms with Gasteiger partial charge in [-0.05, 0) is 35.9 Å². The van der Waals surface area contributed by atoms with Gasteiger partial charge in [0.05, 0.1) is 0 Å². The van der Waals surface area contributed by atoms with Gasteiger partial charge in [-0.3, -0.25) is 5.32 Å². The van der Waals surface area contributed by atoms with Crippen molar-refractivity contribution < 1.29 is 14.1 Å². The van der Waals surface area contributed by atoms with Crippen molar-refractivity contribution in [2.75, 3.05) is 5.32 Å².